The molecular formula is C13H11Cl2N5. The van der Waals surface area contributed by atoms with Crippen LogP contribution in [0.5, 0.6) is 0 Å². The molecule has 2 heterocycles. The van der Waals surface area contributed by atoms with Gasteiger partial charge in [-0.15, -0.1) is 0 Å². The maximum absolute atomic E-state index is 6.20. The first-order valence-electron chi connectivity index (χ1n) is 6.02. The number of halogens is 2. The molecule has 0 saturated heterocycles. The highest BCUT2D eigenvalue weighted by Crippen LogP contribution is 2.26. The molecule has 0 saturated carbocycles. The Hall–Kier alpha value is -1.85. The standard InChI is InChI=1S/C13H11Cl2N5/c1-8(9-4-2-3-5-10(9)14)18-12-6-11(15)19-13-16-7-17-20(12)13/h2-8,18H,1H3. The van der Waals surface area contributed by atoms with Gasteiger partial charge in [0, 0.05) is 11.1 Å². The van der Waals surface area contributed by atoms with Crippen LogP contribution in [-0.2, 0) is 0 Å². The third kappa shape index (κ3) is 2.42. The zero-order chi connectivity index (χ0) is 14.1. The van der Waals surface area contributed by atoms with E-state index in [2.05, 4.69) is 20.4 Å². The van der Waals surface area contributed by atoms with E-state index in [1.165, 1.54) is 6.33 Å². The molecule has 0 amide bonds. The summed E-state index contributed by atoms with van der Waals surface area (Å²) in [5.74, 6) is 1.16. The van der Waals surface area contributed by atoms with Crippen molar-refractivity contribution < 1.29 is 0 Å². The van der Waals surface area contributed by atoms with E-state index in [0.29, 0.717) is 21.8 Å². The lowest BCUT2D eigenvalue weighted by molar-refractivity contribution is 0.841. The minimum absolute atomic E-state index is 0.00503. The summed E-state index contributed by atoms with van der Waals surface area (Å²) in [5, 5.41) is 8.51. The molecule has 3 rings (SSSR count). The highest BCUT2D eigenvalue weighted by Gasteiger charge is 2.12. The second-order valence-electron chi connectivity index (χ2n) is 4.32. The number of anilines is 1. The average molecular weight is 308 g/mol. The van der Waals surface area contributed by atoms with E-state index in [9.17, 15) is 0 Å². The molecule has 1 unspecified atom stereocenters. The number of aromatic nitrogens is 4. The Morgan fingerprint density at radius 3 is 2.85 bits per heavy atom. The van der Waals surface area contributed by atoms with Crippen LogP contribution in [-0.4, -0.2) is 19.6 Å². The molecule has 1 N–H and O–H groups in total. The molecular weight excluding hydrogens is 297 g/mol. The molecule has 3 aromatic rings. The van der Waals surface area contributed by atoms with Gasteiger partial charge in [-0.2, -0.15) is 19.6 Å². The Balaban J connectivity index is 1.97. The smallest absolute Gasteiger partial charge is 0.255 e. The molecule has 0 aliphatic carbocycles. The summed E-state index contributed by atoms with van der Waals surface area (Å²) in [6.45, 7) is 2.01. The Kier molecular flexibility index (Phi) is 3.46. The van der Waals surface area contributed by atoms with Crippen LogP contribution in [0.4, 0.5) is 5.82 Å². The van der Waals surface area contributed by atoms with E-state index in [1.807, 2.05) is 31.2 Å². The lowest BCUT2D eigenvalue weighted by atomic mass is 10.1. The minimum atomic E-state index is -0.00503. The summed E-state index contributed by atoms with van der Waals surface area (Å²) in [6, 6.07) is 9.38. The van der Waals surface area contributed by atoms with Crippen LogP contribution in [0.1, 0.15) is 18.5 Å². The SMILES string of the molecule is CC(Nc1cc(Cl)nc2ncnn12)c1ccccc1Cl. The zero-order valence-corrected chi connectivity index (χ0v) is 12.1. The number of nitrogens with zero attached hydrogens (tertiary/aromatic N) is 4. The third-order valence-electron chi connectivity index (χ3n) is 2.96. The Morgan fingerprint density at radius 2 is 2.05 bits per heavy atom. The number of nitrogens with one attached hydrogen (secondary N) is 1. The van der Waals surface area contributed by atoms with Gasteiger partial charge in [0.25, 0.3) is 5.78 Å². The zero-order valence-electron chi connectivity index (χ0n) is 10.6. The van der Waals surface area contributed by atoms with Crippen molar-refractivity contribution in [3.8, 4) is 0 Å². The second kappa shape index (κ2) is 5.26. The highest BCUT2D eigenvalue weighted by molar-refractivity contribution is 6.31. The molecule has 0 aliphatic rings. The van der Waals surface area contributed by atoms with Gasteiger partial charge in [-0.3, -0.25) is 0 Å². The largest absolute Gasteiger partial charge is 0.363 e. The van der Waals surface area contributed by atoms with Gasteiger partial charge < -0.3 is 5.32 Å². The van der Waals surface area contributed by atoms with Gasteiger partial charge >= 0.3 is 0 Å². The van der Waals surface area contributed by atoms with Crippen molar-refractivity contribution in [1.29, 1.82) is 0 Å². The van der Waals surface area contributed by atoms with Crippen molar-refractivity contribution in [3.63, 3.8) is 0 Å². The van der Waals surface area contributed by atoms with Crippen molar-refractivity contribution in [3.05, 3.63) is 52.4 Å². The summed E-state index contributed by atoms with van der Waals surface area (Å²) in [5.41, 5.74) is 0.996. The number of fused-ring (bicyclic) bond motifs is 1. The quantitative estimate of drug-likeness (QED) is 0.751. The van der Waals surface area contributed by atoms with Crippen LogP contribution >= 0.6 is 23.2 Å². The van der Waals surface area contributed by atoms with Crippen LogP contribution in [0.15, 0.2) is 36.7 Å². The van der Waals surface area contributed by atoms with Crippen molar-refractivity contribution >= 4 is 34.8 Å². The number of hydrogen-bond acceptors (Lipinski definition) is 4. The lowest BCUT2D eigenvalue weighted by Gasteiger charge is -2.17. The number of rotatable bonds is 3. The summed E-state index contributed by atoms with van der Waals surface area (Å²) in [6.07, 6.45) is 1.43. The fourth-order valence-electron chi connectivity index (χ4n) is 2.01. The second-order valence-corrected chi connectivity index (χ2v) is 5.12. The Bertz CT molecular complexity index is 755. The molecule has 1 atom stereocenters. The van der Waals surface area contributed by atoms with Crippen LogP contribution < -0.4 is 5.32 Å². The van der Waals surface area contributed by atoms with Crippen LogP contribution in [0.3, 0.4) is 0 Å². The molecule has 0 fully saturated rings. The summed E-state index contributed by atoms with van der Waals surface area (Å²) < 4.78 is 1.60. The number of hydrogen-bond donors (Lipinski definition) is 1. The van der Waals surface area contributed by atoms with Gasteiger partial charge in [0.1, 0.15) is 17.3 Å². The molecule has 7 heteroatoms. The topological polar surface area (TPSA) is 55.1 Å². The summed E-state index contributed by atoms with van der Waals surface area (Å²) in [7, 11) is 0. The number of benzene rings is 1. The van der Waals surface area contributed by atoms with Gasteiger partial charge in [0.15, 0.2) is 0 Å². The minimum Gasteiger partial charge on any atom is -0.363 e. The molecule has 102 valence electrons. The van der Waals surface area contributed by atoms with Crippen molar-refractivity contribution in [2.75, 3.05) is 5.32 Å². The first kappa shape index (κ1) is 13.1. The summed E-state index contributed by atoms with van der Waals surface area (Å²) in [4.78, 5) is 8.11. The molecule has 0 spiro atoms. The lowest BCUT2D eigenvalue weighted by Crippen LogP contribution is -2.11. The summed E-state index contributed by atoms with van der Waals surface area (Å²) >= 11 is 12.2. The van der Waals surface area contributed by atoms with Crippen LogP contribution in [0.25, 0.3) is 5.78 Å². The van der Waals surface area contributed by atoms with Gasteiger partial charge in [-0.05, 0) is 18.6 Å². The van der Waals surface area contributed by atoms with E-state index in [0.717, 1.165) is 5.56 Å². The van der Waals surface area contributed by atoms with Crippen LogP contribution in [0, 0.1) is 0 Å². The highest BCUT2D eigenvalue weighted by atomic mass is 35.5. The van der Waals surface area contributed by atoms with E-state index < -0.39 is 0 Å². The Labute approximate surface area is 125 Å². The Morgan fingerprint density at radius 1 is 1.25 bits per heavy atom. The van der Waals surface area contributed by atoms with Crippen molar-refractivity contribution in [1.82, 2.24) is 19.6 Å². The van der Waals surface area contributed by atoms with E-state index in [1.54, 1.807) is 10.6 Å². The van der Waals surface area contributed by atoms with E-state index in [4.69, 9.17) is 23.2 Å². The van der Waals surface area contributed by atoms with Gasteiger partial charge in [0.2, 0.25) is 0 Å². The molecule has 5 nitrogen and oxygen atoms in total. The van der Waals surface area contributed by atoms with Gasteiger partial charge in [-0.25, -0.2) is 0 Å². The normalized spacial score (nSPS) is 12.6. The molecule has 0 bridgehead atoms. The van der Waals surface area contributed by atoms with Gasteiger partial charge in [0.05, 0.1) is 6.04 Å². The predicted octanol–water partition coefficient (Wildman–Crippen LogP) is 3.60. The molecule has 2 aromatic heterocycles. The fourth-order valence-corrected chi connectivity index (χ4v) is 2.49. The van der Waals surface area contributed by atoms with Crippen molar-refractivity contribution in [2.24, 2.45) is 0 Å². The van der Waals surface area contributed by atoms with E-state index in [-0.39, 0.29) is 6.04 Å². The van der Waals surface area contributed by atoms with Crippen LogP contribution in [0.2, 0.25) is 10.2 Å². The fraction of sp³-hybridized carbons (Fsp3) is 0.154. The predicted molar refractivity (Wildman–Crippen MR) is 79.3 cm³/mol. The monoisotopic (exact) mass is 307 g/mol. The average Bonchev–Trinajstić information content (AvgIpc) is 2.87. The molecule has 20 heavy (non-hydrogen) atoms. The first-order valence-corrected chi connectivity index (χ1v) is 6.78. The molecule has 0 aliphatic heterocycles. The van der Waals surface area contributed by atoms with Gasteiger partial charge in [-0.1, -0.05) is 41.4 Å². The van der Waals surface area contributed by atoms with E-state index >= 15 is 0 Å². The third-order valence-corrected chi connectivity index (χ3v) is 3.49. The maximum Gasteiger partial charge on any atom is 0.255 e. The first-order chi connectivity index (χ1) is 9.65. The molecule has 1 aromatic carbocycles. The van der Waals surface area contributed by atoms with Crippen molar-refractivity contribution in [2.45, 2.75) is 13.0 Å². The molecule has 0 radical (unpaired) electrons. The maximum atomic E-state index is 6.20.